The Balaban J connectivity index is 2.79. The summed E-state index contributed by atoms with van der Waals surface area (Å²) in [6, 6.07) is 0. The quantitative estimate of drug-likeness (QED) is 0.694. The van der Waals surface area contributed by atoms with Crippen molar-refractivity contribution in [3.05, 3.63) is 18.0 Å². The second-order valence-electron chi connectivity index (χ2n) is 4.89. The van der Waals surface area contributed by atoms with Gasteiger partial charge in [0.15, 0.2) is 5.79 Å². The van der Waals surface area contributed by atoms with E-state index in [1.807, 2.05) is 6.20 Å². The average Bonchev–Trinajstić information content (AvgIpc) is 2.29. The average molecular weight is 198 g/mol. The fourth-order valence-corrected chi connectivity index (χ4v) is 1.14. The van der Waals surface area contributed by atoms with Crippen molar-refractivity contribution >= 4 is 0 Å². The van der Waals surface area contributed by atoms with Gasteiger partial charge in [-0.1, -0.05) is 20.8 Å². The molecule has 0 saturated heterocycles. The summed E-state index contributed by atoms with van der Waals surface area (Å²) in [5.74, 6) is -1.71. The molecule has 1 aromatic heterocycles. The van der Waals surface area contributed by atoms with E-state index in [9.17, 15) is 10.2 Å². The van der Waals surface area contributed by atoms with Crippen molar-refractivity contribution in [2.24, 2.45) is 0 Å². The van der Waals surface area contributed by atoms with Crippen LogP contribution in [0.15, 0.2) is 12.4 Å². The van der Waals surface area contributed by atoms with Gasteiger partial charge >= 0.3 is 0 Å². The van der Waals surface area contributed by atoms with E-state index in [1.165, 1.54) is 6.92 Å². The molecule has 0 aliphatic carbocycles. The summed E-state index contributed by atoms with van der Waals surface area (Å²) in [5.41, 5.74) is 1.13. The highest BCUT2D eigenvalue weighted by molar-refractivity contribution is 5.15. The number of rotatable bonds is 2. The van der Waals surface area contributed by atoms with Gasteiger partial charge in [-0.05, 0) is 17.9 Å². The van der Waals surface area contributed by atoms with E-state index in [4.69, 9.17) is 0 Å². The highest BCUT2D eigenvalue weighted by Crippen LogP contribution is 2.21. The molecule has 0 saturated carbocycles. The topological polar surface area (TPSA) is 58.3 Å². The van der Waals surface area contributed by atoms with Crippen LogP contribution in [0.5, 0.6) is 0 Å². The lowest BCUT2D eigenvalue weighted by Crippen LogP contribution is -2.29. The van der Waals surface area contributed by atoms with E-state index < -0.39 is 5.79 Å². The molecule has 4 heteroatoms. The minimum absolute atomic E-state index is 0.0412. The third-order valence-corrected chi connectivity index (χ3v) is 1.96. The van der Waals surface area contributed by atoms with Gasteiger partial charge in [0.2, 0.25) is 0 Å². The van der Waals surface area contributed by atoms with E-state index in [-0.39, 0.29) is 12.0 Å². The zero-order chi connectivity index (χ0) is 11.0. The lowest BCUT2D eigenvalue weighted by molar-refractivity contribution is -0.156. The number of aromatic nitrogens is 2. The van der Waals surface area contributed by atoms with E-state index >= 15 is 0 Å². The molecule has 0 spiro atoms. The summed E-state index contributed by atoms with van der Waals surface area (Å²) in [4.78, 5) is 0. The van der Waals surface area contributed by atoms with Gasteiger partial charge in [-0.3, -0.25) is 4.68 Å². The van der Waals surface area contributed by atoms with Crippen molar-refractivity contribution in [2.45, 2.75) is 45.4 Å². The summed E-state index contributed by atoms with van der Waals surface area (Å²) in [7, 11) is 0. The molecular weight excluding hydrogens is 180 g/mol. The highest BCUT2D eigenvalue weighted by atomic mass is 16.5. The summed E-state index contributed by atoms with van der Waals surface area (Å²) < 4.78 is 1.54. The molecule has 0 aliphatic rings. The van der Waals surface area contributed by atoms with Crippen LogP contribution >= 0.6 is 0 Å². The standard InChI is InChI=1S/C10H18N2O2/c1-9(2,3)8-5-11-12(6-8)7-10(4,13)14/h5-6,13-14H,7H2,1-4H3. The van der Waals surface area contributed by atoms with Crippen molar-refractivity contribution in [1.29, 1.82) is 0 Å². The Morgan fingerprint density at radius 1 is 1.29 bits per heavy atom. The lowest BCUT2D eigenvalue weighted by atomic mass is 9.90. The fourth-order valence-electron chi connectivity index (χ4n) is 1.14. The van der Waals surface area contributed by atoms with Crippen LogP contribution in [0, 0.1) is 0 Å². The summed E-state index contributed by atoms with van der Waals surface area (Å²) in [5, 5.41) is 22.4. The fraction of sp³-hybridized carbons (Fsp3) is 0.700. The molecular formula is C10H18N2O2. The van der Waals surface area contributed by atoms with Crippen LogP contribution in [0.25, 0.3) is 0 Å². The Morgan fingerprint density at radius 2 is 1.86 bits per heavy atom. The van der Waals surface area contributed by atoms with Gasteiger partial charge in [0.1, 0.15) is 0 Å². The predicted molar refractivity (Wildman–Crippen MR) is 53.8 cm³/mol. The molecule has 1 aromatic rings. The number of hydrogen-bond acceptors (Lipinski definition) is 3. The van der Waals surface area contributed by atoms with Crippen LogP contribution in [0.4, 0.5) is 0 Å². The largest absolute Gasteiger partial charge is 0.364 e. The van der Waals surface area contributed by atoms with E-state index in [2.05, 4.69) is 25.9 Å². The summed E-state index contributed by atoms with van der Waals surface area (Å²) in [6.07, 6.45) is 3.59. The van der Waals surface area contributed by atoms with Gasteiger partial charge in [0.25, 0.3) is 0 Å². The first kappa shape index (κ1) is 11.2. The lowest BCUT2D eigenvalue weighted by Gasteiger charge is -2.17. The first-order valence-electron chi connectivity index (χ1n) is 4.66. The molecule has 1 rings (SSSR count). The van der Waals surface area contributed by atoms with Crippen LogP contribution < -0.4 is 0 Å². The van der Waals surface area contributed by atoms with Crippen molar-refractivity contribution in [3.63, 3.8) is 0 Å². The first-order chi connectivity index (χ1) is 6.18. The summed E-state index contributed by atoms with van der Waals surface area (Å²) in [6.45, 7) is 7.69. The third-order valence-electron chi connectivity index (χ3n) is 1.96. The van der Waals surface area contributed by atoms with Gasteiger partial charge in [-0.2, -0.15) is 5.10 Å². The maximum absolute atomic E-state index is 9.18. The van der Waals surface area contributed by atoms with Crippen LogP contribution in [-0.2, 0) is 12.0 Å². The SMILES string of the molecule is CC(O)(O)Cn1cc(C(C)(C)C)cn1. The van der Waals surface area contributed by atoms with Crippen LogP contribution in [0.3, 0.4) is 0 Å². The van der Waals surface area contributed by atoms with E-state index in [0.29, 0.717) is 0 Å². The second kappa shape index (κ2) is 3.37. The monoisotopic (exact) mass is 198 g/mol. The first-order valence-corrected chi connectivity index (χ1v) is 4.66. The number of hydrogen-bond donors (Lipinski definition) is 2. The van der Waals surface area contributed by atoms with Crippen molar-refractivity contribution in [2.75, 3.05) is 0 Å². The maximum atomic E-state index is 9.18. The van der Waals surface area contributed by atoms with Crippen molar-refractivity contribution < 1.29 is 10.2 Å². The molecule has 0 atom stereocenters. The molecule has 1 heterocycles. The van der Waals surface area contributed by atoms with Gasteiger partial charge in [0, 0.05) is 6.20 Å². The molecule has 14 heavy (non-hydrogen) atoms. The Morgan fingerprint density at radius 3 is 2.21 bits per heavy atom. The van der Waals surface area contributed by atoms with Gasteiger partial charge in [0.05, 0.1) is 12.7 Å². The molecule has 0 fully saturated rings. The van der Waals surface area contributed by atoms with Gasteiger partial charge in [-0.15, -0.1) is 0 Å². The highest BCUT2D eigenvalue weighted by Gasteiger charge is 2.19. The summed E-state index contributed by atoms with van der Waals surface area (Å²) >= 11 is 0. The Hall–Kier alpha value is -0.870. The molecule has 0 unspecified atom stereocenters. The van der Waals surface area contributed by atoms with E-state index in [0.717, 1.165) is 5.56 Å². The third kappa shape index (κ3) is 3.12. The smallest absolute Gasteiger partial charge is 0.179 e. The minimum atomic E-state index is -1.71. The molecule has 0 aromatic carbocycles. The van der Waals surface area contributed by atoms with E-state index in [1.54, 1.807) is 10.9 Å². The Kier molecular flexibility index (Phi) is 2.69. The molecule has 0 bridgehead atoms. The van der Waals surface area contributed by atoms with Crippen LogP contribution in [0.1, 0.15) is 33.3 Å². The van der Waals surface area contributed by atoms with Crippen LogP contribution in [0.2, 0.25) is 0 Å². The minimum Gasteiger partial charge on any atom is -0.364 e. The number of aliphatic hydroxyl groups is 2. The zero-order valence-corrected chi connectivity index (χ0v) is 9.15. The normalized spacial score (nSPS) is 13.3. The Labute approximate surface area is 84.2 Å². The van der Waals surface area contributed by atoms with Crippen molar-refractivity contribution in [1.82, 2.24) is 9.78 Å². The molecule has 4 nitrogen and oxygen atoms in total. The maximum Gasteiger partial charge on any atom is 0.179 e. The van der Waals surface area contributed by atoms with Crippen LogP contribution in [-0.4, -0.2) is 25.8 Å². The van der Waals surface area contributed by atoms with Crippen molar-refractivity contribution in [3.8, 4) is 0 Å². The zero-order valence-electron chi connectivity index (χ0n) is 9.15. The Bertz CT molecular complexity index is 305. The molecule has 0 aliphatic heterocycles. The number of nitrogens with zero attached hydrogens (tertiary/aromatic N) is 2. The van der Waals surface area contributed by atoms with Gasteiger partial charge in [-0.25, -0.2) is 0 Å². The molecule has 0 radical (unpaired) electrons. The molecule has 2 N–H and O–H groups in total. The second-order valence-corrected chi connectivity index (χ2v) is 4.89. The molecule has 0 amide bonds. The molecule has 80 valence electrons. The van der Waals surface area contributed by atoms with Gasteiger partial charge < -0.3 is 10.2 Å². The predicted octanol–water partition coefficient (Wildman–Crippen LogP) is 0.881.